The van der Waals surface area contributed by atoms with E-state index >= 15 is 0 Å². The van der Waals surface area contributed by atoms with Gasteiger partial charge in [-0.1, -0.05) is 27.2 Å². The average molecular weight is 241 g/mol. The Morgan fingerprint density at radius 3 is 2.47 bits per heavy atom. The summed E-state index contributed by atoms with van der Waals surface area (Å²) >= 11 is 0. The van der Waals surface area contributed by atoms with E-state index in [4.69, 9.17) is 5.73 Å². The van der Waals surface area contributed by atoms with Gasteiger partial charge >= 0.3 is 0 Å². The second-order valence-electron chi connectivity index (χ2n) is 5.43. The van der Waals surface area contributed by atoms with Crippen LogP contribution >= 0.6 is 0 Å². The predicted octanol–water partition coefficient (Wildman–Crippen LogP) is 0.960. The molecule has 0 aromatic carbocycles. The van der Waals surface area contributed by atoms with Crippen molar-refractivity contribution in [2.45, 2.75) is 52.1 Å². The number of nitrogens with one attached hydrogen (secondary N) is 1. The summed E-state index contributed by atoms with van der Waals surface area (Å²) in [7, 11) is 0. The van der Waals surface area contributed by atoms with Crippen LogP contribution in [0.25, 0.3) is 0 Å². The lowest BCUT2D eigenvalue weighted by Crippen LogP contribution is -2.52. The Morgan fingerprint density at radius 2 is 2.12 bits per heavy atom. The first-order chi connectivity index (χ1) is 8.02. The van der Waals surface area contributed by atoms with Gasteiger partial charge < -0.3 is 16.0 Å². The molecule has 4 nitrogen and oxygen atoms in total. The van der Waals surface area contributed by atoms with Gasteiger partial charge in [0.1, 0.15) is 0 Å². The largest absolute Gasteiger partial charge is 0.368 e. The van der Waals surface area contributed by atoms with Crippen molar-refractivity contribution < 1.29 is 4.79 Å². The molecule has 0 spiro atoms. The minimum Gasteiger partial charge on any atom is -0.368 e. The number of hydrogen-bond donors (Lipinski definition) is 2. The van der Waals surface area contributed by atoms with Gasteiger partial charge in [0, 0.05) is 19.1 Å². The Bertz CT molecular complexity index is 239. The van der Waals surface area contributed by atoms with Crippen LogP contribution in [0.5, 0.6) is 0 Å². The average Bonchev–Trinajstić information content (AvgIpc) is 2.18. The zero-order valence-electron chi connectivity index (χ0n) is 11.4. The molecule has 0 aromatic rings. The molecule has 3 N–H and O–H groups in total. The normalized spacial score (nSPS) is 18.4. The molecule has 0 saturated heterocycles. The third-order valence-corrected chi connectivity index (χ3v) is 3.51. The Hall–Kier alpha value is -0.610. The van der Waals surface area contributed by atoms with Crippen LogP contribution in [0.15, 0.2) is 0 Å². The molecule has 1 saturated carbocycles. The van der Waals surface area contributed by atoms with Gasteiger partial charge in [0.05, 0.1) is 6.04 Å². The van der Waals surface area contributed by atoms with Gasteiger partial charge in [-0.25, -0.2) is 0 Å². The van der Waals surface area contributed by atoms with E-state index in [1.54, 1.807) is 0 Å². The Labute approximate surface area is 105 Å². The Balaban J connectivity index is 2.40. The summed E-state index contributed by atoms with van der Waals surface area (Å²) in [6, 6.07) is 0.0601. The highest BCUT2D eigenvalue weighted by Crippen LogP contribution is 2.26. The fraction of sp³-hybridized carbons (Fsp3) is 0.923. The summed E-state index contributed by atoms with van der Waals surface area (Å²) in [6.07, 6.45) is 4.05. The molecule has 1 atom stereocenters. The molecule has 0 bridgehead atoms. The Kier molecular flexibility index (Phi) is 5.92. The quantitative estimate of drug-likeness (QED) is 0.665. The van der Waals surface area contributed by atoms with Crippen molar-refractivity contribution in [2.24, 2.45) is 11.7 Å². The van der Waals surface area contributed by atoms with Crippen molar-refractivity contribution in [3.8, 4) is 0 Å². The summed E-state index contributed by atoms with van der Waals surface area (Å²) in [4.78, 5) is 13.7. The van der Waals surface area contributed by atoms with Crippen LogP contribution in [0.3, 0.4) is 0 Å². The fourth-order valence-corrected chi connectivity index (χ4v) is 2.26. The van der Waals surface area contributed by atoms with E-state index in [-0.39, 0.29) is 18.0 Å². The van der Waals surface area contributed by atoms with E-state index in [1.807, 2.05) is 13.8 Å². The number of rotatable bonds is 8. The third kappa shape index (κ3) is 5.04. The topological polar surface area (TPSA) is 58.4 Å². The molecule has 1 aliphatic rings. The molecule has 0 heterocycles. The SMILES string of the molecule is CCN(CC1CCC1)CC(NC(C)C)C(N)=O. The molecule has 4 heteroatoms. The van der Waals surface area contributed by atoms with E-state index in [0.29, 0.717) is 0 Å². The number of amides is 1. The van der Waals surface area contributed by atoms with Crippen LogP contribution in [0.4, 0.5) is 0 Å². The lowest BCUT2D eigenvalue weighted by Gasteiger charge is -2.33. The van der Waals surface area contributed by atoms with Gasteiger partial charge in [-0.15, -0.1) is 0 Å². The van der Waals surface area contributed by atoms with Crippen LogP contribution in [-0.4, -0.2) is 42.5 Å². The second kappa shape index (κ2) is 6.97. The van der Waals surface area contributed by atoms with Crippen molar-refractivity contribution in [3.63, 3.8) is 0 Å². The van der Waals surface area contributed by atoms with Crippen LogP contribution < -0.4 is 11.1 Å². The number of carbonyl (C=O) groups excluding carboxylic acids is 1. The van der Waals surface area contributed by atoms with Crippen LogP contribution in [-0.2, 0) is 4.79 Å². The zero-order valence-corrected chi connectivity index (χ0v) is 11.4. The summed E-state index contributed by atoms with van der Waals surface area (Å²) in [5.41, 5.74) is 5.44. The number of nitrogens with zero attached hydrogens (tertiary/aromatic N) is 1. The Morgan fingerprint density at radius 1 is 1.47 bits per heavy atom. The first kappa shape index (κ1) is 14.5. The van der Waals surface area contributed by atoms with E-state index in [2.05, 4.69) is 17.1 Å². The van der Waals surface area contributed by atoms with Gasteiger partial charge in [-0.3, -0.25) is 4.79 Å². The van der Waals surface area contributed by atoms with Crippen molar-refractivity contribution >= 4 is 5.91 Å². The maximum absolute atomic E-state index is 11.4. The van der Waals surface area contributed by atoms with Crippen LogP contribution in [0.2, 0.25) is 0 Å². The fourth-order valence-electron chi connectivity index (χ4n) is 2.26. The molecule has 1 aliphatic carbocycles. The highest BCUT2D eigenvalue weighted by Gasteiger charge is 2.24. The van der Waals surface area contributed by atoms with E-state index in [0.717, 1.165) is 25.6 Å². The van der Waals surface area contributed by atoms with Gasteiger partial charge in [-0.05, 0) is 25.3 Å². The lowest BCUT2D eigenvalue weighted by molar-refractivity contribution is -0.120. The lowest BCUT2D eigenvalue weighted by atomic mass is 9.85. The van der Waals surface area contributed by atoms with Gasteiger partial charge in [0.25, 0.3) is 0 Å². The van der Waals surface area contributed by atoms with Crippen molar-refractivity contribution in [3.05, 3.63) is 0 Å². The minimum atomic E-state index is -0.245. The van der Waals surface area contributed by atoms with Crippen molar-refractivity contribution in [1.29, 1.82) is 0 Å². The molecule has 0 radical (unpaired) electrons. The number of likely N-dealkylation sites (N-methyl/N-ethyl adjacent to an activating group) is 1. The van der Waals surface area contributed by atoms with E-state index in [9.17, 15) is 4.79 Å². The summed E-state index contributed by atoms with van der Waals surface area (Å²) in [5.74, 6) is 0.591. The summed E-state index contributed by atoms with van der Waals surface area (Å²) < 4.78 is 0. The second-order valence-corrected chi connectivity index (χ2v) is 5.43. The standard InChI is InChI=1S/C13H27N3O/c1-4-16(8-11-6-5-7-11)9-12(13(14)17)15-10(2)3/h10-12,15H,4-9H2,1-3H3,(H2,14,17). The highest BCUT2D eigenvalue weighted by molar-refractivity contribution is 5.80. The first-order valence-electron chi connectivity index (χ1n) is 6.80. The number of nitrogens with two attached hydrogens (primary N) is 1. The maximum atomic E-state index is 11.4. The van der Waals surface area contributed by atoms with Crippen molar-refractivity contribution in [1.82, 2.24) is 10.2 Å². The minimum absolute atomic E-state index is 0.227. The molecule has 17 heavy (non-hydrogen) atoms. The summed E-state index contributed by atoms with van der Waals surface area (Å²) in [6.45, 7) is 9.06. The zero-order chi connectivity index (χ0) is 12.8. The van der Waals surface area contributed by atoms with Crippen LogP contribution in [0.1, 0.15) is 40.0 Å². The first-order valence-corrected chi connectivity index (χ1v) is 6.80. The monoisotopic (exact) mass is 241 g/mol. The highest BCUT2D eigenvalue weighted by atomic mass is 16.1. The predicted molar refractivity (Wildman–Crippen MR) is 70.7 cm³/mol. The number of hydrogen-bond acceptors (Lipinski definition) is 3. The maximum Gasteiger partial charge on any atom is 0.235 e. The molecular weight excluding hydrogens is 214 g/mol. The molecule has 100 valence electrons. The smallest absolute Gasteiger partial charge is 0.235 e. The molecule has 1 amide bonds. The number of primary amides is 1. The summed E-state index contributed by atoms with van der Waals surface area (Å²) in [5, 5.41) is 3.24. The molecular formula is C13H27N3O. The van der Waals surface area contributed by atoms with E-state index < -0.39 is 0 Å². The van der Waals surface area contributed by atoms with Crippen LogP contribution in [0, 0.1) is 5.92 Å². The van der Waals surface area contributed by atoms with Gasteiger partial charge in [0.15, 0.2) is 0 Å². The van der Waals surface area contributed by atoms with Gasteiger partial charge in [0.2, 0.25) is 5.91 Å². The molecule has 1 fully saturated rings. The van der Waals surface area contributed by atoms with Crippen molar-refractivity contribution in [2.75, 3.05) is 19.6 Å². The molecule has 1 rings (SSSR count). The number of carbonyl (C=O) groups is 1. The molecule has 0 aliphatic heterocycles. The van der Waals surface area contributed by atoms with E-state index in [1.165, 1.54) is 19.3 Å². The third-order valence-electron chi connectivity index (χ3n) is 3.51. The molecule has 0 aromatic heterocycles. The molecule has 1 unspecified atom stereocenters. The van der Waals surface area contributed by atoms with Gasteiger partial charge in [-0.2, -0.15) is 0 Å².